The molecular formula is C13H15FN2O6S. The lowest BCUT2D eigenvalue weighted by molar-refractivity contribution is -0.154. The fraction of sp³-hybridized carbons (Fsp3) is 0.385. The maximum Gasteiger partial charge on any atom is 0.334 e. The van der Waals surface area contributed by atoms with E-state index in [1.165, 1.54) is 4.90 Å². The molecule has 1 unspecified atom stereocenters. The molecule has 1 saturated heterocycles. The Morgan fingerprint density at radius 2 is 2.13 bits per heavy atom. The van der Waals surface area contributed by atoms with Crippen LogP contribution in [-0.4, -0.2) is 62.4 Å². The molecule has 1 aromatic rings. The van der Waals surface area contributed by atoms with Crippen LogP contribution in [0.25, 0.3) is 0 Å². The normalized spacial score (nSPS) is 18.5. The number of morpholine rings is 1. The third-order valence-corrected chi connectivity index (χ3v) is 3.73. The average Bonchev–Trinajstić information content (AvgIpc) is 2.47. The van der Waals surface area contributed by atoms with Crippen molar-refractivity contribution in [3.05, 3.63) is 29.6 Å². The number of halogens is 1. The molecule has 1 atom stereocenters. The van der Waals surface area contributed by atoms with Crippen molar-refractivity contribution in [3.8, 4) is 0 Å². The van der Waals surface area contributed by atoms with Gasteiger partial charge in [-0.05, 0) is 18.2 Å². The van der Waals surface area contributed by atoms with Gasteiger partial charge < -0.3 is 14.7 Å². The molecule has 0 radical (unpaired) electrons. The van der Waals surface area contributed by atoms with Crippen LogP contribution in [0.15, 0.2) is 18.2 Å². The Morgan fingerprint density at radius 1 is 1.43 bits per heavy atom. The van der Waals surface area contributed by atoms with Gasteiger partial charge >= 0.3 is 5.97 Å². The van der Waals surface area contributed by atoms with Gasteiger partial charge in [-0.15, -0.1) is 0 Å². The van der Waals surface area contributed by atoms with E-state index in [1.54, 1.807) is 0 Å². The van der Waals surface area contributed by atoms with Crippen LogP contribution < -0.4 is 4.72 Å². The molecule has 2 rings (SSSR count). The monoisotopic (exact) mass is 346 g/mol. The van der Waals surface area contributed by atoms with Crippen LogP contribution in [0.2, 0.25) is 0 Å². The third-order valence-electron chi connectivity index (χ3n) is 3.14. The van der Waals surface area contributed by atoms with E-state index in [2.05, 4.69) is 4.72 Å². The van der Waals surface area contributed by atoms with E-state index in [9.17, 15) is 22.4 Å². The van der Waals surface area contributed by atoms with E-state index in [4.69, 9.17) is 9.84 Å². The number of rotatable bonds is 4. The number of amides is 1. The molecule has 1 aliphatic rings. The molecule has 126 valence electrons. The molecule has 23 heavy (non-hydrogen) atoms. The van der Waals surface area contributed by atoms with Crippen molar-refractivity contribution < 1.29 is 32.2 Å². The van der Waals surface area contributed by atoms with Gasteiger partial charge in [-0.3, -0.25) is 9.52 Å². The fourth-order valence-corrected chi connectivity index (χ4v) is 2.71. The van der Waals surface area contributed by atoms with Crippen molar-refractivity contribution in [3.63, 3.8) is 0 Å². The Hall–Kier alpha value is -2.20. The fourth-order valence-electron chi connectivity index (χ4n) is 2.14. The number of sulfonamides is 1. The lowest BCUT2D eigenvalue weighted by Crippen LogP contribution is -2.48. The largest absolute Gasteiger partial charge is 0.479 e. The van der Waals surface area contributed by atoms with E-state index in [0.717, 1.165) is 24.5 Å². The van der Waals surface area contributed by atoms with Gasteiger partial charge in [0.2, 0.25) is 10.0 Å². The van der Waals surface area contributed by atoms with Crippen LogP contribution in [0.5, 0.6) is 0 Å². The van der Waals surface area contributed by atoms with Crippen molar-refractivity contribution in [2.24, 2.45) is 0 Å². The second kappa shape index (κ2) is 6.50. The molecule has 1 amide bonds. The summed E-state index contributed by atoms with van der Waals surface area (Å²) in [5.74, 6) is -2.60. The summed E-state index contributed by atoms with van der Waals surface area (Å²) >= 11 is 0. The van der Waals surface area contributed by atoms with Gasteiger partial charge in [0, 0.05) is 6.54 Å². The number of carbonyl (C=O) groups is 2. The van der Waals surface area contributed by atoms with Crippen LogP contribution >= 0.6 is 0 Å². The van der Waals surface area contributed by atoms with Crippen molar-refractivity contribution in [1.29, 1.82) is 0 Å². The zero-order valence-corrected chi connectivity index (χ0v) is 13.0. The summed E-state index contributed by atoms with van der Waals surface area (Å²) in [5, 5.41) is 8.95. The molecular weight excluding hydrogens is 331 g/mol. The molecule has 8 nitrogen and oxygen atoms in total. The number of aliphatic carboxylic acids is 1. The number of ether oxygens (including phenoxy) is 1. The highest BCUT2D eigenvalue weighted by Crippen LogP contribution is 2.21. The van der Waals surface area contributed by atoms with Gasteiger partial charge in [-0.1, -0.05) is 0 Å². The maximum absolute atomic E-state index is 13.4. The van der Waals surface area contributed by atoms with Crippen molar-refractivity contribution >= 4 is 27.6 Å². The Bertz CT molecular complexity index is 736. The second-order valence-corrected chi connectivity index (χ2v) is 6.76. The highest BCUT2D eigenvalue weighted by Gasteiger charge is 2.30. The molecule has 1 fully saturated rings. The predicted molar refractivity (Wildman–Crippen MR) is 78.1 cm³/mol. The number of nitrogens with one attached hydrogen (secondary N) is 1. The van der Waals surface area contributed by atoms with Crippen molar-refractivity contribution in [2.45, 2.75) is 6.10 Å². The summed E-state index contributed by atoms with van der Waals surface area (Å²) in [6.45, 7) is -0.0622. The minimum absolute atomic E-state index is 0.0207. The quantitative estimate of drug-likeness (QED) is 0.801. The minimum Gasteiger partial charge on any atom is -0.479 e. The summed E-state index contributed by atoms with van der Waals surface area (Å²) in [4.78, 5) is 24.6. The van der Waals surface area contributed by atoms with Gasteiger partial charge in [-0.2, -0.15) is 0 Å². The van der Waals surface area contributed by atoms with E-state index in [0.29, 0.717) is 0 Å². The topological polar surface area (TPSA) is 113 Å². The van der Waals surface area contributed by atoms with Gasteiger partial charge in [0.05, 0.1) is 30.7 Å². The molecule has 1 heterocycles. The standard InChI is InChI=1S/C13H15FN2O6S/c1-23(20,21)15-10-3-2-8(14)6-9(10)12(17)16-4-5-22-11(7-16)13(18)19/h2-3,6,11,15H,4-5,7H2,1H3,(H,18,19). The van der Waals surface area contributed by atoms with Crippen LogP contribution in [0.3, 0.4) is 0 Å². The average molecular weight is 346 g/mol. The molecule has 10 heteroatoms. The lowest BCUT2D eigenvalue weighted by Gasteiger charge is -2.31. The summed E-state index contributed by atoms with van der Waals surface area (Å²) in [7, 11) is -3.66. The Kier molecular flexibility index (Phi) is 4.85. The molecule has 0 saturated carbocycles. The number of hydrogen-bond donors (Lipinski definition) is 2. The Balaban J connectivity index is 2.31. The summed E-state index contributed by atoms with van der Waals surface area (Å²) in [6, 6.07) is 3.06. The number of carboxylic acid groups (broad SMARTS) is 1. The van der Waals surface area contributed by atoms with Crippen molar-refractivity contribution in [1.82, 2.24) is 4.90 Å². The lowest BCUT2D eigenvalue weighted by atomic mass is 10.1. The summed E-state index contributed by atoms with van der Waals surface area (Å²) in [5.41, 5.74) is -0.265. The molecule has 2 N–H and O–H groups in total. The van der Waals surface area contributed by atoms with E-state index in [1.807, 2.05) is 0 Å². The van der Waals surface area contributed by atoms with E-state index >= 15 is 0 Å². The summed E-state index contributed by atoms with van der Waals surface area (Å²) < 4.78 is 43.3. The number of benzene rings is 1. The Labute approximate surface area is 131 Å². The maximum atomic E-state index is 13.4. The van der Waals surface area contributed by atoms with Crippen LogP contribution in [0.4, 0.5) is 10.1 Å². The number of nitrogens with zero attached hydrogens (tertiary/aromatic N) is 1. The number of hydrogen-bond acceptors (Lipinski definition) is 5. The molecule has 1 aromatic carbocycles. The summed E-state index contributed by atoms with van der Waals surface area (Å²) in [6.07, 6.45) is -0.271. The van der Waals surface area contributed by atoms with Gasteiger partial charge in [-0.25, -0.2) is 17.6 Å². The van der Waals surface area contributed by atoms with E-state index < -0.39 is 33.8 Å². The zero-order valence-electron chi connectivity index (χ0n) is 12.2. The first-order valence-corrected chi connectivity index (χ1v) is 8.47. The number of anilines is 1. The SMILES string of the molecule is CS(=O)(=O)Nc1ccc(F)cc1C(=O)N1CCOC(C(=O)O)C1. The first kappa shape index (κ1) is 17.2. The number of carboxylic acids is 1. The zero-order chi connectivity index (χ0) is 17.2. The molecule has 0 aliphatic carbocycles. The highest BCUT2D eigenvalue weighted by molar-refractivity contribution is 7.92. The van der Waals surface area contributed by atoms with Gasteiger partial charge in [0.1, 0.15) is 5.82 Å². The smallest absolute Gasteiger partial charge is 0.334 e. The predicted octanol–water partition coefficient (Wildman–Crippen LogP) is 0.123. The molecule has 0 spiro atoms. The molecule has 0 bridgehead atoms. The van der Waals surface area contributed by atoms with Gasteiger partial charge in [0.15, 0.2) is 6.10 Å². The minimum atomic E-state index is -3.66. The van der Waals surface area contributed by atoms with Crippen molar-refractivity contribution in [2.75, 3.05) is 30.7 Å². The third kappa shape index (κ3) is 4.39. The Morgan fingerprint density at radius 3 is 2.74 bits per heavy atom. The van der Waals surface area contributed by atoms with Crippen LogP contribution in [0.1, 0.15) is 10.4 Å². The first-order valence-electron chi connectivity index (χ1n) is 6.58. The number of carbonyl (C=O) groups excluding carboxylic acids is 1. The van der Waals surface area contributed by atoms with Crippen LogP contribution in [-0.2, 0) is 19.6 Å². The van der Waals surface area contributed by atoms with Crippen LogP contribution in [0, 0.1) is 5.82 Å². The second-order valence-electron chi connectivity index (χ2n) is 5.01. The molecule has 1 aliphatic heterocycles. The molecule has 0 aromatic heterocycles. The first-order chi connectivity index (χ1) is 10.7. The highest BCUT2D eigenvalue weighted by atomic mass is 32.2. The van der Waals surface area contributed by atoms with E-state index in [-0.39, 0.29) is 30.9 Å². The van der Waals surface area contributed by atoms with Gasteiger partial charge in [0.25, 0.3) is 5.91 Å².